The molecule has 0 N–H and O–H groups in total. The van der Waals surface area contributed by atoms with Crippen molar-refractivity contribution in [3.63, 3.8) is 0 Å². The third-order valence-electron chi connectivity index (χ3n) is 11.1. The molecular weight excluding hydrogens is 711 g/mol. The number of carbonyl (C=O) groups excluding carboxylic acids is 1. The van der Waals surface area contributed by atoms with Gasteiger partial charge in [-0.3, -0.25) is 0 Å². The van der Waals surface area contributed by atoms with Gasteiger partial charge in [-0.2, -0.15) is 20.3 Å². The van der Waals surface area contributed by atoms with Gasteiger partial charge in [0, 0.05) is 64.0 Å². The zero-order valence-electron chi connectivity index (χ0n) is 33.0. The number of nitrogens with zero attached hydrogens (tertiary/aromatic N) is 9. The predicted molar refractivity (Wildman–Crippen MR) is 216 cm³/mol. The first-order valence-corrected chi connectivity index (χ1v) is 23.4. The first-order chi connectivity index (χ1) is 26.6. The van der Waals surface area contributed by atoms with E-state index in [2.05, 4.69) is 72.7 Å². The molecule has 55 heavy (non-hydrogen) atoms. The van der Waals surface area contributed by atoms with Crippen LogP contribution in [0.3, 0.4) is 0 Å². The van der Waals surface area contributed by atoms with Gasteiger partial charge in [0.1, 0.15) is 31.3 Å². The zero-order chi connectivity index (χ0) is 38.5. The van der Waals surface area contributed by atoms with Gasteiger partial charge in [0.15, 0.2) is 0 Å². The fourth-order valence-electron chi connectivity index (χ4n) is 7.86. The number of rotatable bonds is 13. The minimum atomic E-state index is -1.18. The molecule has 2 saturated heterocycles. The predicted octanol–water partition coefficient (Wildman–Crippen LogP) is 6.22. The molecule has 14 heteroatoms. The normalized spacial score (nSPS) is 19.1. The Labute approximate surface area is 325 Å². The highest BCUT2D eigenvalue weighted by molar-refractivity contribution is 6.76. The van der Waals surface area contributed by atoms with Gasteiger partial charge >= 0.3 is 12.1 Å². The maximum Gasteiger partial charge on any atom is 0.410 e. The van der Waals surface area contributed by atoms with Crippen LogP contribution in [-0.2, 0) is 35.8 Å². The Morgan fingerprint density at radius 1 is 1.02 bits per heavy atom. The van der Waals surface area contributed by atoms with Crippen LogP contribution in [0.1, 0.15) is 41.6 Å². The van der Waals surface area contributed by atoms with E-state index in [1.807, 2.05) is 35.0 Å². The highest BCUT2D eigenvalue weighted by Crippen LogP contribution is 2.36. The summed E-state index contributed by atoms with van der Waals surface area (Å²) >= 11 is 0. The van der Waals surface area contributed by atoms with Crippen molar-refractivity contribution in [2.24, 2.45) is 0 Å². The number of aryl methyl sites for hydroxylation is 1. The van der Waals surface area contributed by atoms with Gasteiger partial charge in [0.05, 0.1) is 36.5 Å². The van der Waals surface area contributed by atoms with E-state index in [0.717, 1.165) is 89.8 Å². The number of anilines is 2. The number of benzene rings is 2. The van der Waals surface area contributed by atoms with Crippen molar-refractivity contribution < 1.29 is 19.0 Å². The first kappa shape index (κ1) is 38.6. The van der Waals surface area contributed by atoms with E-state index in [1.54, 1.807) is 4.90 Å². The van der Waals surface area contributed by atoms with E-state index in [1.165, 1.54) is 0 Å². The number of piperazine rings is 1. The number of ether oxygens (including phenoxy) is 3. The van der Waals surface area contributed by atoms with Crippen LogP contribution in [0.4, 0.5) is 16.3 Å². The minimum Gasteiger partial charge on any atom is -0.462 e. The van der Waals surface area contributed by atoms with Gasteiger partial charge in [-0.25, -0.2) is 9.48 Å². The van der Waals surface area contributed by atoms with Gasteiger partial charge in [0.25, 0.3) is 0 Å². The van der Waals surface area contributed by atoms with Crippen molar-refractivity contribution in [1.29, 1.82) is 5.26 Å². The summed E-state index contributed by atoms with van der Waals surface area (Å²) in [6, 6.07) is 17.7. The molecule has 0 spiro atoms. The second kappa shape index (κ2) is 17.0. The zero-order valence-corrected chi connectivity index (χ0v) is 34.0. The maximum atomic E-state index is 13.3. The smallest absolute Gasteiger partial charge is 0.410 e. The summed E-state index contributed by atoms with van der Waals surface area (Å²) in [6.45, 7) is 14.9. The van der Waals surface area contributed by atoms with E-state index in [0.29, 0.717) is 51.6 Å². The molecule has 2 atom stereocenters. The molecule has 0 bridgehead atoms. The molecule has 3 aliphatic rings. The van der Waals surface area contributed by atoms with Crippen LogP contribution in [0.15, 0.2) is 48.7 Å². The summed E-state index contributed by atoms with van der Waals surface area (Å²) in [5, 5.41) is 15.9. The fourth-order valence-corrected chi connectivity index (χ4v) is 8.62. The standard InChI is InChI=1S/C41H55N9O4Si/c1-30-13-14-32-24-49(29-52-22-23-55(3,4)5)45-37(32)38(30)47-19-16-35-36(26-47)43-40(53-28-34-12-9-18-46(34)2)44-39(35)48-20-21-50(33(25-48)15-17-42)41(51)54-27-31-10-7-6-8-11-31/h6-8,10-11,13-14,24,33-34H,9,12,15-16,18-23,25-29H2,1-5H3/t33?,34-/m0/s1. The Morgan fingerprint density at radius 2 is 1.85 bits per heavy atom. The van der Waals surface area contributed by atoms with Crippen LogP contribution >= 0.6 is 0 Å². The van der Waals surface area contributed by atoms with Crippen molar-refractivity contribution in [3.05, 3.63) is 71.0 Å². The van der Waals surface area contributed by atoms with Crippen LogP contribution in [0, 0.1) is 18.3 Å². The Balaban J connectivity index is 1.13. The number of hydrogen-bond acceptors (Lipinski definition) is 11. The van der Waals surface area contributed by atoms with E-state index < -0.39 is 14.2 Å². The lowest BCUT2D eigenvalue weighted by Gasteiger charge is -2.42. The average molecular weight is 766 g/mol. The van der Waals surface area contributed by atoms with Gasteiger partial charge in [0.2, 0.25) is 0 Å². The number of likely N-dealkylation sites (tertiary alicyclic amines) is 1. The summed E-state index contributed by atoms with van der Waals surface area (Å²) in [5.74, 6) is 0.828. The Kier molecular flexibility index (Phi) is 11.9. The molecule has 1 amide bonds. The van der Waals surface area contributed by atoms with Crippen molar-refractivity contribution in [3.8, 4) is 12.1 Å². The van der Waals surface area contributed by atoms with E-state index in [-0.39, 0.29) is 19.1 Å². The van der Waals surface area contributed by atoms with Crippen molar-refractivity contribution >= 4 is 36.6 Å². The molecule has 2 fully saturated rings. The minimum absolute atomic E-state index is 0.186. The van der Waals surface area contributed by atoms with Crippen LogP contribution in [0.2, 0.25) is 25.7 Å². The molecule has 1 unspecified atom stereocenters. The van der Waals surface area contributed by atoms with Crippen LogP contribution in [-0.4, -0.2) is 109 Å². The third-order valence-corrected chi connectivity index (χ3v) is 12.8. The number of amides is 1. The Morgan fingerprint density at radius 3 is 2.62 bits per heavy atom. The summed E-state index contributed by atoms with van der Waals surface area (Å²) in [7, 11) is 0.962. The van der Waals surface area contributed by atoms with E-state index >= 15 is 0 Å². The molecule has 3 aliphatic heterocycles. The number of hydrogen-bond donors (Lipinski definition) is 0. The maximum absolute atomic E-state index is 13.3. The molecule has 2 aromatic carbocycles. The second-order valence-electron chi connectivity index (χ2n) is 16.4. The molecule has 0 radical (unpaired) electrons. The molecule has 292 valence electrons. The largest absolute Gasteiger partial charge is 0.462 e. The third kappa shape index (κ3) is 9.23. The van der Waals surface area contributed by atoms with Crippen LogP contribution < -0.4 is 14.5 Å². The summed E-state index contributed by atoms with van der Waals surface area (Å²) in [5.41, 5.74) is 6.16. The van der Waals surface area contributed by atoms with Crippen LogP contribution in [0.5, 0.6) is 6.01 Å². The number of carbonyl (C=O) groups is 1. The van der Waals surface area contributed by atoms with Gasteiger partial charge in [-0.05, 0) is 56.9 Å². The van der Waals surface area contributed by atoms with Gasteiger partial charge < -0.3 is 33.8 Å². The van der Waals surface area contributed by atoms with E-state index in [4.69, 9.17) is 29.3 Å². The molecule has 5 heterocycles. The number of fused-ring (bicyclic) bond motifs is 2. The molecule has 4 aromatic rings. The van der Waals surface area contributed by atoms with Gasteiger partial charge in [-0.1, -0.05) is 62.1 Å². The van der Waals surface area contributed by atoms with E-state index in [9.17, 15) is 10.1 Å². The molecule has 2 aromatic heterocycles. The lowest BCUT2D eigenvalue weighted by atomic mass is 10.0. The lowest BCUT2D eigenvalue weighted by Crippen LogP contribution is -2.55. The molecule has 0 saturated carbocycles. The highest BCUT2D eigenvalue weighted by Gasteiger charge is 2.35. The molecule has 7 rings (SSSR count). The lowest BCUT2D eigenvalue weighted by molar-refractivity contribution is 0.0767. The van der Waals surface area contributed by atoms with Crippen molar-refractivity contribution in [2.45, 2.75) is 90.3 Å². The highest BCUT2D eigenvalue weighted by atomic mass is 28.3. The summed E-state index contributed by atoms with van der Waals surface area (Å²) in [6.07, 6.45) is 4.83. The molecular formula is C41H55N9O4Si. The molecule has 0 aliphatic carbocycles. The summed E-state index contributed by atoms with van der Waals surface area (Å²) in [4.78, 5) is 32.1. The van der Waals surface area contributed by atoms with Crippen molar-refractivity contribution in [1.82, 2.24) is 29.5 Å². The van der Waals surface area contributed by atoms with Gasteiger partial charge in [-0.15, -0.1) is 0 Å². The topological polar surface area (TPSA) is 125 Å². The number of aromatic nitrogens is 4. The Hall–Kier alpha value is -4.71. The quantitative estimate of drug-likeness (QED) is 0.114. The monoisotopic (exact) mass is 765 g/mol. The van der Waals surface area contributed by atoms with Crippen molar-refractivity contribution in [2.75, 3.05) is 62.8 Å². The molecule has 13 nitrogen and oxygen atoms in total. The van der Waals surface area contributed by atoms with Crippen LogP contribution in [0.25, 0.3) is 10.9 Å². The fraction of sp³-hybridized carbons (Fsp3) is 0.537. The Bertz CT molecular complexity index is 2000. The first-order valence-electron chi connectivity index (χ1n) is 19.7. The number of likely N-dealkylation sites (N-methyl/N-ethyl adjacent to an activating group) is 1. The summed E-state index contributed by atoms with van der Waals surface area (Å²) < 4.78 is 20.1. The SMILES string of the molecule is Cc1ccc2cn(COCC[Si](C)(C)C)nc2c1N1CCc2c(nc(OC[C@@H]3CCCN3C)nc2N2CCN(C(=O)OCc3ccccc3)C(CC#N)C2)C1. The second-order valence-corrected chi connectivity index (χ2v) is 22.0. The average Bonchev–Trinajstić information content (AvgIpc) is 3.79. The number of nitriles is 1.